The molecule has 0 amide bonds. The van der Waals surface area contributed by atoms with E-state index in [2.05, 4.69) is 51.3 Å². The summed E-state index contributed by atoms with van der Waals surface area (Å²) in [5.41, 5.74) is 4.65. The van der Waals surface area contributed by atoms with Crippen molar-refractivity contribution in [3.63, 3.8) is 0 Å². The van der Waals surface area contributed by atoms with Crippen molar-refractivity contribution in [1.82, 2.24) is 0 Å². The summed E-state index contributed by atoms with van der Waals surface area (Å²) in [4.78, 5) is 1.54. The maximum absolute atomic E-state index is 2.28. The molecule has 1 aromatic rings. The zero-order valence-electron chi connectivity index (χ0n) is 11.5. The first-order chi connectivity index (χ1) is 8.28. The summed E-state index contributed by atoms with van der Waals surface area (Å²) in [5, 5.41) is 2.21. The summed E-state index contributed by atoms with van der Waals surface area (Å²) >= 11 is 1.89. The molecule has 17 heavy (non-hydrogen) atoms. The van der Waals surface area contributed by atoms with Crippen LogP contribution in [0.3, 0.4) is 0 Å². The molecule has 94 valence electrons. The Balaban J connectivity index is 3.65. The van der Waals surface area contributed by atoms with Crippen LogP contribution in [0.1, 0.15) is 49.3 Å². The maximum atomic E-state index is 2.28. The molecular formula is C16H24S. The highest BCUT2D eigenvalue weighted by molar-refractivity contribution is 7.09. The fraction of sp³-hybridized carbons (Fsp3) is 0.500. The van der Waals surface area contributed by atoms with Crippen LogP contribution < -0.4 is 0 Å². The molecule has 0 aliphatic carbocycles. The fourth-order valence-corrected chi connectivity index (χ4v) is 3.26. The Morgan fingerprint density at radius 3 is 2.06 bits per heavy atom. The van der Waals surface area contributed by atoms with Crippen LogP contribution in [0.15, 0.2) is 23.6 Å². The molecule has 1 aromatic heterocycles. The van der Waals surface area contributed by atoms with E-state index in [1.165, 1.54) is 10.4 Å². The van der Waals surface area contributed by atoms with Crippen LogP contribution in [0.2, 0.25) is 0 Å². The van der Waals surface area contributed by atoms with E-state index in [9.17, 15) is 0 Å². The lowest BCUT2D eigenvalue weighted by Crippen LogP contribution is -1.98. The van der Waals surface area contributed by atoms with E-state index in [1.807, 2.05) is 11.3 Å². The van der Waals surface area contributed by atoms with Crippen LogP contribution >= 0.6 is 11.3 Å². The molecule has 0 radical (unpaired) electrons. The lowest BCUT2D eigenvalue weighted by atomic mass is 9.97. The van der Waals surface area contributed by atoms with Crippen molar-refractivity contribution in [2.24, 2.45) is 0 Å². The minimum atomic E-state index is 1.12. The number of hydrogen-bond acceptors (Lipinski definition) is 1. The highest BCUT2D eigenvalue weighted by Gasteiger charge is 2.06. The third-order valence-electron chi connectivity index (χ3n) is 3.19. The molecule has 1 heterocycles. The highest BCUT2D eigenvalue weighted by Crippen LogP contribution is 2.21. The zero-order valence-corrected chi connectivity index (χ0v) is 12.4. The van der Waals surface area contributed by atoms with Gasteiger partial charge in [0.2, 0.25) is 0 Å². The van der Waals surface area contributed by atoms with E-state index in [4.69, 9.17) is 0 Å². The smallest absolute Gasteiger partial charge is 0.00769 e. The van der Waals surface area contributed by atoms with Crippen molar-refractivity contribution >= 4 is 11.3 Å². The van der Waals surface area contributed by atoms with Crippen molar-refractivity contribution in [2.75, 3.05) is 0 Å². The molecule has 0 aliphatic heterocycles. The highest BCUT2D eigenvalue weighted by atomic mass is 32.1. The van der Waals surface area contributed by atoms with E-state index in [1.54, 1.807) is 11.1 Å². The molecule has 0 fully saturated rings. The van der Waals surface area contributed by atoms with Crippen molar-refractivity contribution in [3.05, 3.63) is 45.1 Å². The molecule has 1 heteroatoms. The average molecular weight is 248 g/mol. The second-order valence-corrected chi connectivity index (χ2v) is 5.13. The molecule has 0 aromatic carbocycles. The fourth-order valence-electron chi connectivity index (χ4n) is 2.35. The van der Waals surface area contributed by atoms with E-state index in [0.717, 1.165) is 25.7 Å². The summed E-state index contributed by atoms with van der Waals surface area (Å²) in [7, 11) is 0. The van der Waals surface area contributed by atoms with Gasteiger partial charge in [-0.25, -0.2) is 0 Å². The van der Waals surface area contributed by atoms with Gasteiger partial charge in [-0.3, -0.25) is 0 Å². The summed E-state index contributed by atoms with van der Waals surface area (Å²) in [5.74, 6) is 0. The van der Waals surface area contributed by atoms with Gasteiger partial charge in [0.1, 0.15) is 0 Å². The number of aryl methyl sites for hydroxylation is 2. The van der Waals surface area contributed by atoms with Crippen LogP contribution in [0.5, 0.6) is 0 Å². The first-order valence-corrected chi connectivity index (χ1v) is 7.60. The van der Waals surface area contributed by atoms with Crippen LogP contribution in [0, 0.1) is 0 Å². The Morgan fingerprint density at radius 1 is 0.824 bits per heavy atom. The second kappa shape index (κ2) is 7.50. The third kappa shape index (κ3) is 3.57. The van der Waals surface area contributed by atoms with Gasteiger partial charge >= 0.3 is 0 Å². The molecule has 0 spiro atoms. The minimum Gasteiger partial charge on any atom is -0.149 e. The molecule has 0 aliphatic rings. The van der Waals surface area contributed by atoms with Gasteiger partial charge in [-0.05, 0) is 47.8 Å². The van der Waals surface area contributed by atoms with Gasteiger partial charge < -0.3 is 0 Å². The molecule has 0 nitrogen and oxygen atoms in total. The van der Waals surface area contributed by atoms with Crippen LogP contribution in [-0.2, 0) is 25.7 Å². The van der Waals surface area contributed by atoms with Gasteiger partial charge in [0.15, 0.2) is 0 Å². The summed E-state index contributed by atoms with van der Waals surface area (Å²) < 4.78 is 0. The Morgan fingerprint density at radius 2 is 1.53 bits per heavy atom. The molecule has 1 rings (SSSR count). The van der Waals surface area contributed by atoms with Crippen molar-refractivity contribution in [1.29, 1.82) is 0 Å². The monoisotopic (exact) mass is 248 g/mol. The third-order valence-corrected chi connectivity index (χ3v) is 4.31. The standard InChI is InChI=1S/C16H24S/c1-5-13-11-9-10-12-17-16(8-4)15(7-3)14(13)6-2/h9-12H,5-8H2,1-4H3. The normalized spacial score (nSPS) is 10.1. The number of hydrogen-bond donors (Lipinski definition) is 0. The quantitative estimate of drug-likeness (QED) is 0.693. The molecule has 0 saturated carbocycles. The molecule has 0 atom stereocenters. The minimum absolute atomic E-state index is 1.12. The Bertz CT molecular complexity index is 363. The van der Waals surface area contributed by atoms with Gasteiger partial charge in [0.25, 0.3) is 0 Å². The topological polar surface area (TPSA) is 0 Å². The van der Waals surface area contributed by atoms with Gasteiger partial charge in [-0.2, -0.15) is 0 Å². The van der Waals surface area contributed by atoms with Gasteiger partial charge in [-0.1, -0.05) is 45.9 Å². The van der Waals surface area contributed by atoms with E-state index in [-0.39, 0.29) is 0 Å². The summed E-state index contributed by atoms with van der Waals surface area (Å²) in [6.45, 7) is 9.07. The lowest BCUT2D eigenvalue weighted by molar-refractivity contribution is 0.968. The van der Waals surface area contributed by atoms with E-state index < -0.39 is 0 Å². The predicted molar refractivity (Wildman–Crippen MR) is 79.5 cm³/mol. The largest absolute Gasteiger partial charge is 0.149 e. The second-order valence-electron chi connectivity index (χ2n) is 4.13. The first-order valence-electron chi connectivity index (χ1n) is 6.72. The Hall–Kier alpha value is -0.820. The SMILES string of the molecule is CCc1ccccsc(CC)c(CC)c1CC. The van der Waals surface area contributed by atoms with Crippen LogP contribution in [-0.4, -0.2) is 0 Å². The van der Waals surface area contributed by atoms with Gasteiger partial charge in [0, 0.05) is 4.88 Å². The molecule has 0 N–H and O–H groups in total. The zero-order chi connectivity index (χ0) is 12.7. The van der Waals surface area contributed by atoms with Crippen molar-refractivity contribution in [3.8, 4) is 0 Å². The number of rotatable bonds is 4. The summed E-state index contributed by atoms with van der Waals surface area (Å²) in [6, 6.07) is 6.61. The molecule has 0 bridgehead atoms. The van der Waals surface area contributed by atoms with Crippen LogP contribution in [0.25, 0.3) is 0 Å². The first kappa shape index (κ1) is 14.2. The van der Waals surface area contributed by atoms with Crippen molar-refractivity contribution in [2.45, 2.75) is 53.4 Å². The lowest BCUT2D eigenvalue weighted by Gasteiger charge is -2.11. The Kier molecular flexibility index (Phi) is 6.28. The van der Waals surface area contributed by atoms with E-state index >= 15 is 0 Å². The molecule has 0 saturated heterocycles. The van der Waals surface area contributed by atoms with Crippen LogP contribution in [0.4, 0.5) is 0 Å². The molecule has 0 unspecified atom stereocenters. The van der Waals surface area contributed by atoms with E-state index in [0.29, 0.717) is 0 Å². The van der Waals surface area contributed by atoms with Crippen molar-refractivity contribution < 1.29 is 0 Å². The Labute approximate surface area is 110 Å². The maximum Gasteiger partial charge on any atom is 0.00769 e. The molecular weight excluding hydrogens is 224 g/mol. The summed E-state index contributed by atoms with van der Waals surface area (Å²) in [6.07, 6.45) is 4.54. The average Bonchev–Trinajstić information content (AvgIpc) is 2.45. The predicted octanol–water partition coefficient (Wildman–Crippen LogP) is 5.12. The van der Waals surface area contributed by atoms with Gasteiger partial charge in [0.05, 0.1) is 0 Å². The van der Waals surface area contributed by atoms with Gasteiger partial charge in [-0.15, -0.1) is 11.3 Å².